The van der Waals surface area contributed by atoms with Crippen LogP contribution < -0.4 is 30.3 Å². The summed E-state index contributed by atoms with van der Waals surface area (Å²) < 4.78 is 14.5. The summed E-state index contributed by atoms with van der Waals surface area (Å²) in [6, 6.07) is 33.2. The fraction of sp³-hybridized carbons (Fsp3) is 0.182. The van der Waals surface area contributed by atoms with E-state index in [2.05, 4.69) is 144 Å². The van der Waals surface area contributed by atoms with Gasteiger partial charge >= 0.3 is 0 Å². The predicted octanol–water partition coefficient (Wildman–Crippen LogP) is 10.7. The molecule has 0 amide bonds. The third-order valence-corrected chi connectivity index (χ3v) is 16.7. The van der Waals surface area contributed by atoms with Crippen LogP contribution in [0.3, 0.4) is 0 Å². The Morgan fingerprint density at radius 3 is 1.51 bits per heavy atom. The van der Waals surface area contributed by atoms with Gasteiger partial charge in [0.15, 0.2) is 0 Å². The molecule has 0 saturated heterocycles. The second kappa shape index (κ2) is 8.74. The minimum atomic E-state index is -2.70. The van der Waals surface area contributed by atoms with Crippen LogP contribution in [0.5, 0.6) is 23.0 Å². The number of anilines is 3. The van der Waals surface area contributed by atoms with Crippen LogP contribution in [-0.2, 0) is 22.6 Å². The van der Waals surface area contributed by atoms with Crippen LogP contribution >= 0.6 is 6.04 Å². The first-order chi connectivity index (χ1) is 23.5. The fourth-order valence-corrected chi connectivity index (χ4v) is 14.7. The van der Waals surface area contributed by atoms with E-state index in [0.717, 1.165) is 61.5 Å². The van der Waals surface area contributed by atoms with E-state index >= 15 is 0 Å². The topological polar surface area (TPSA) is 21.7 Å². The molecule has 6 aromatic rings. The Balaban J connectivity index is 1.36. The van der Waals surface area contributed by atoms with E-state index in [-0.39, 0.29) is 10.8 Å². The molecule has 5 aliphatic rings. The van der Waals surface area contributed by atoms with Crippen molar-refractivity contribution in [3.8, 4) is 45.3 Å². The predicted molar refractivity (Wildman–Crippen MR) is 206 cm³/mol. The number of ether oxygens (including phenoxy) is 2. The third-order valence-electron chi connectivity index (χ3n) is 11.8. The van der Waals surface area contributed by atoms with Crippen LogP contribution in [0.15, 0.2) is 97.1 Å². The molecule has 238 valence electrons. The SMILES string of the molecule is Cc1ccc(N2c3cc4c(c5c3P3(=S)c6c(cc(C)cc6Oc6c7c(cc2c63)-c2ccccc2C7(C)C)O5)C(C)(C)c2ccccc2-4)cc1. The smallest absolute Gasteiger partial charge is 0.143 e. The third kappa shape index (κ3) is 3.16. The number of aryl methyl sites for hydroxylation is 2. The lowest BCUT2D eigenvalue weighted by Gasteiger charge is -2.47. The number of hydrogen-bond donors (Lipinski definition) is 0. The summed E-state index contributed by atoms with van der Waals surface area (Å²) in [5.41, 5.74) is 15.3. The van der Waals surface area contributed by atoms with Gasteiger partial charge in [0.05, 0.1) is 33.3 Å². The molecule has 0 radical (unpaired) electrons. The molecule has 0 spiro atoms. The monoisotopic (exact) mass is 671 g/mol. The molecular weight excluding hydrogens is 638 g/mol. The molecule has 0 unspecified atom stereocenters. The van der Waals surface area contributed by atoms with Gasteiger partial charge in [-0.3, -0.25) is 0 Å². The summed E-state index contributed by atoms with van der Waals surface area (Å²) in [5.74, 6) is 3.58. The van der Waals surface area contributed by atoms with Crippen molar-refractivity contribution in [1.82, 2.24) is 0 Å². The number of hydrogen-bond acceptors (Lipinski definition) is 4. The van der Waals surface area contributed by atoms with Gasteiger partial charge in [-0.1, -0.05) is 106 Å². The Hall–Kier alpha value is -4.63. The van der Waals surface area contributed by atoms with Crippen molar-refractivity contribution < 1.29 is 9.47 Å². The largest absolute Gasteiger partial charge is 0.455 e. The van der Waals surface area contributed by atoms with Gasteiger partial charge < -0.3 is 14.4 Å². The van der Waals surface area contributed by atoms with Gasteiger partial charge in [0.2, 0.25) is 0 Å². The zero-order chi connectivity index (χ0) is 33.4. The van der Waals surface area contributed by atoms with E-state index in [0.29, 0.717) is 0 Å². The fourth-order valence-electron chi connectivity index (χ4n) is 9.71. The van der Waals surface area contributed by atoms with E-state index < -0.39 is 6.04 Å². The summed E-state index contributed by atoms with van der Waals surface area (Å²) in [6.45, 7) is 13.6. The summed E-state index contributed by atoms with van der Waals surface area (Å²) in [7, 11) is 0. The highest BCUT2D eigenvalue weighted by molar-refractivity contribution is 8.26. The van der Waals surface area contributed by atoms with E-state index in [1.807, 2.05) is 0 Å². The normalized spacial score (nSPS) is 17.6. The Morgan fingerprint density at radius 2 is 1.02 bits per heavy atom. The van der Waals surface area contributed by atoms with Gasteiger partial charge in [-0.15, -0.1) is 0 Å². The van der Waals surface area contributed by atoms with Gasteiger partial charge in [0.25, 0.3) is 0 Å². The molecule has 3 nitrogen and oxygen atoms in total. The van der Waals surface area contributed by atoms with Gasteiger partial charge in [0.1, 0.15) is 23.0 Å². The van der Waals surface area contributed by atoms with Crippen LogP contribution in [0, 0.1) is 13.8 Å². The van der Waals surface area contributed by atoms with Gasteiger partial charge in [-0.2, -0.15) is 0 Å². The number of rotatable bonds is 1. The Labute approximate surface area is 292 Å². The van der Waals surface area contributed by atoms with E-state index in [1.54, 1.807) is 0 Å². The minimum absolute atomic E-state index is 0.263. The average Bonchev–Trinajstić information content (AvgIpc) is 3.44. The number of fused-ring (bicyclic) bond motifs is 8. The van der Waals surface area contributed by atoms with Crippen LogP contribution in [0.25, 0.3) is 22.3 Å². The zero-order valence-electron chi connectivity index (χ0n) is 28.4. The molecule has 5 heteroatoms. The molecular formula is C44H34NO2PS. The average molecular weight is 672 g/mol. The van der Waals surface area contributed by atoms with Crippen molar-refractivity contribution in [3.05, 3.63) is 130 Å². The standard InChI is InChI=1S/C44H34NO2PS/c1-23-15-17-25(18-16-23)45-32-21-28-26-11-7-9-13-30(26)43(3,4)36(28)38-40(32)48(49)41-33(45)22-29-27-12-8-10-14-31(27)44(5,6)37(29)39(41)47-35-20-24(2)19-34(46-38)42(35)48/h7-22H,1-6H3. The number of benzene rings is 6. The first-order valence-corrected chi connectivity index (χ1v) is 19.9. The summed E-state index contributed by atoms with van der Waals surface area (Å²) in [4.78, 5) is 2.46. The van der Waals surface area contributed by atoms with E-state index in [9.17, 15) is 0 Å². The summed E-state index contributed by atoms with van der Waals surface area (Å²) in [5, 5.41) is 3.37. The second-order valence-electron chi connectivity index (χ2n) is 15.4. The lowest BCUT2D eigenvalue weighted by Crippen LogP contribution is -2.44. The Bertz CT molecular complexity index is 2460. The first kappa shape index (κ1) is 28.2. The molecule has 0 bridgehead atoms. The first-order valence-electron chi connectivity index (χ1n) is 17.1. The van der Waals surface area contributed by atoms with Crippen molar-refractivity contribution in [2.45, 2.75) is 52.4 Å². The molecule has 49 heavy (non-hydrogen) atoms. The molecule has 0 aromatic heterocycles. The lowest BCUT2D eigenvalue weighted by atomic mass is 9.81. The van der Waals surface area contributed by atoms with Crippen molar-refractivity contribution >= 4 is 50.8 Å². The second-order valence-corrected chi connectivity index (χ2v) is 19.6. The maximum absolute atomic E-state index is 7.34. The van der Waals surface area contributed by atoms with Gasteiger partial charge in [-0.25, -0.2) is 0 Å². The summed E-state index contributed by atoms with van der Waals surface area (Å²) >= 11 is 7.34. The van der Waals surface area contributed by atoms with Gasteiger partial charge in [-0.05, 0) is 89.2 Å². The Kier molecular flexibility index (Phi) is 5.04. The molecule has 0 fully saturated rings. The molecule has 0 atom stereocenters. The lowest BCUT2D eigenvalue weighted by molar-refractivity contribution is 0.450. The van der Waals surface area contributed by atoms with E-state index in [4.69, 9.17) is 21.3 Å². The molecule has 11 rings (SSSR count). The minimum Gasteiger partial charge on any atom is -0.455 e. The van der Waals surface area contributed by atoms with Crippen LogP contribution in [0.2, 0.25) is 0 Å². The highest BCUT2D eigenvalue weighted by Crippen LogP contribution is 2.70. The molecule has 3 heterocycles. The van der Waals surface area contributed by atoms with Crippen molar-refractivity contribution in [2.75, 3.05) is 4.90 Å². The molecule has 2 aliphatic carbocycles. The quantitative estimate of drug-likeness (QED) is 0.162. The molecule has 3 aliphatic heterocycles. The molecule has 6 aromatic carbocycles. The van der Waals surface area contributed by atoms with Gasteiger partial charge in [0, 0.05) is 27.6 Å². The maximum Gasteiger partial charge on any atom is 0.143 e. The van der Waals surface area contributed by atoms with Crippen molar-refractivity contribution in [2.24, 2.45) is 0 Å². The summed E-state index contributed by atoms with van der Waals surface area (Å²) in [6.07, 6.45) is 0. The van der Waals surface area contributed by atoms with Crippen molar-refractivity contribution in [3.63, 3.8) is 0 Å². The molecule has 0 N–H and O–H groups in total. The maximum atomic E-state index is 7.34. The number of nitrogens with zero attached hydrogens (tertiary/aromatic N) is 1. The zero-order valence-corrected chi connectivity index (χ0v) is 30.1. The highest BCUT2D eigenvalue weighted by atomic mass is 32.4. The highest BCUT2D eigenvalue weighted by Gasteiger charge is 2.55. The van der Waals surface area contributed by atoms with Crippen LogP contribution in [0.1, 0.15) is 61.1 Å². The Morgan fingerprint density at radius 1 is 0.551 bits per heavy atom. The van der Waals surface area contributed by atoms with E-state index in [1.165, 1.54) is 50.1 Å². The van der Waals surface area contributed by atoms with Crippen LogP contribution in [-0.4, -0.2) is 0 Å². The molecule has 0 saturated carbocycles. The van der Waals surface area contributed by atoms with Crippen molar-refractivity contribution in [1.29, 1.82) is 0 Å². The van der Waals surface area contributed by atoms with Crippen LogP contribution in [0.4, 0.5) is 17.1 Å².